The zero-order valence-electron chi connectivity index (χ0n) is 15.0. The molecule has 0 amide bonds. The highest BCUT2D eigenvalue weighted by Gasteiger charge is 2.12. The first-order valence-electron chi connectivity index (χ1n) is 8.19. The number of thiazole rings is 1. The second kappa shape index (κ2) is 8.66. The Hall–Kier alpha value is -1.89. The average Bonchev–Trinajstić information content (AvgIpc) is 3.10. The van der Waals surface area contributed by atoms with E-state index in [1.165, 1.54) is 5.56 Å². The second-order valence-corrected chi connectivity index (χ2v) is 7.78. The topological polar surface area (TPSA) is 34.6 Å². The standard InChI is InChI=1S/C20H21BrN2O2S/c1-23(11-14-4-7-17(24-2)8-5-14)12-16-13-26-20(22-16)18-10-15(21)6-9-19(18)25-3/h4-10,13H,11-12H2,1-3H3. The van der Waals surface area contributed by atoms with Gasteiger partial charge in [0.2, 0.25) is 0 Å². The lowest BCUT2D eigenvalue weighted by Gasteiger charge is -2.15. The van der Waals surface area contributed by atoms with Gasteiger partial charge < -0.3 is 9.47 Å². The van der Waals surface area contributed by atoms with E-state index in [1.54, 1.807) is 25.6 Å². The highest BCUT2D eigenvalue weighted by atomic mass is 79.9. The van der Waals surface area contributed by atoms with E-state index >= 15 is 0 Å². The molecule has 0 aliphatic rings. The van der Waals surface area contributed by atoms with E-state index in [0.29, 0.717) is 0 Å². The van der Waals surface area contributed by atoms with E-state index in [2.05, 4.69) is 45.4 Å². The van der Waals surface area contributed by atoms with Crippen molar-refractivity contribution in [3.8, 4) is 22.1 Å². The molecule has 1 aromatic heterocycles. The molecule has 0 aliphatic carbocycles. The third-order valence-electron chi connectivity index (χ3n) is 3.99. The van der Waals surface area contributed by atoms with Crippen LogP contribution in [0.5, 0.6) is 11.5 Å². The number of ether oxygens (including phenoxy) is 2. The number of halogens is 1. The number of hydrogen-bond donors (Lipinski definition) is 0. The summed E-state index contributed by atoms with van der Waals surface area (Å²) >= 11 is 5.16. The number of benzene rings is 2. The van der Waals surface area contributed by atoms with Crippen molar-refractivity contribution < 1.29 is 9.47 Å². The van der Waals surface area contributed by atoms with Crippen molar-refractivity contribution in [1.29, 1.82) is 0 Å². The molecule has 1 heterocycles. The van der Waals surface area contributed by atoms with E-state index < -0.39 is 0 Å². The summed E-state index contributed by atoms with van der Waals surface area (Å²) in [4.78, 5) is 7.04. The molecule has 0 bridgehead atoms. The first-order chi connectivity index (χ1) is 12.6. The van der Waals surface area contributed by atoms with Gasteiger partial charge in [0.05, 0.1) is 25.5 Å². The summed E-state index contributed by atoms with van der Waals surface area (Å²) in [6, 6.07) is 14.1. The molecule has 3 rings (SSSR count). The fourth-order valence-corrected chi connectivity index (χ4v) is 3.92. The van der Waals surface area contributed by atoms with Crippen molar-refractivity contribution in [2.45, 2.75) is 13.1 Å². The Morgan fingerprint density at radius 1 is 1.04 bits per heavy atom. The molecule has 0 fully saturated rings. The predicted octanol–water partition coefficient (Wildman–Crippen LogP) is 5.22. The van der Waals surface area contributed by atoms with Gasteiger partial charge in [0.1, 0.15) is 16.5 Å². The molecule has 3 aromatic rings. The van der Waals surface area contributed by atoms with Crippen LogP contribution in [-0.2, 0) is 13.1 Å². The molecule has 6 heteroatoms. The average molecular weight is 433 g/mol. The van der Waals surface area contributed by atoms with Crippen LogP contribution in [0, 0.1) is 0 Å². The van der Waals surface area contributed by atoms with E-state index in [4.69, 9.17) is 14.5 Å². The lowest BCUT2D eigenvalue weighted by atomic mass is 10.2. The first kappa shape index (κ1) is 18.9. The van der Waals surface area contributed by atoms with Gasteiger partial charge in [0.25, 0.3) is 0 Å². The van der Waals surface area contributed by atoms with Crippen LogP contribution < -0.4 is 9.47 Å². The van der Waals surface area contributed by atoms with Crippen LogP contribution in [0.25, 0.3) is 10.6 Å². The second-order valence-electron chi connectivity index (χ2n) is 6.01. The van der Waals surface area contributed by atoms with Crippen LogP contribution >= 0.6 is 27.3 Å². The maximum atomic E-state index is 5.47. The molecule has 0 saturated carbocycles. The zero-order valence-corrected chi connectivity index (χ0v) is 17.4. The third kappa shape index (κ3) is 4.63. The van der Waals surface area contributed by atoms with Crippen LogP contribution in [0.15, 0.2) is 52.3 Å². The Bertz CT molecular complexity index is 865. The van der Waals surface area contributed by atoms with Crippen molar-refractivity contribution >= 4 is 27.3 Å². The van der Waals surface area contributed by atoms with Crippen LogP contribution in [-0.4, -0.2) is 31.2 Å². The summed E-state index contributed by atoms with van der Waals surface area (Å²) in [5.74, 6) is 1.71. The van der Waals surface area contributed by atoms with Crippen molar-refractivity contribution in [3.05, 3.63) is 63.6 Å². The Kier molecular flexibility index (Phi) is 6.29. The molecule has 0 unspecified atom stereocenters. The van der Waals surface area contributed by atoms with Gasteiger partial charge in [-0.1, -0.05) is 28.1 Å². The molecule has 0 saturated heterocycles. The van der Waals surface area contributed by atoms with E-state index in [1.807, 2.05) is 30.3 Å². The summed E-state index contributed by atoms with van der Waals surface area (Å²) < 4.78 is 11.7. The van der Waals surface area contributed by atoms with Crippen molar-refractivity contribution in [3.63, 3.8) is 0 Å². The zero-order chi connectivity index (χ0) is 18.5. The van der Waals surface area contributed by atoms with Gasteiger partial charge >= 0.3 is 0 Å². The molecule has 0 atom stereocenters. The van der Waals surface area contributed by atoms with E-state index in [0.717, 1.165) is 45.3 Å². The number of hydrogen-bond acceptors (Lipinski definition) is 5. The van der Waals surface area contributed by atoms with Crippen LogP contribution in [0.3, 0.4) is 0 Å². The Balaban J connectivity index is 1.69. The maximum absolute atomic E-state index is 5.47. The van der Waals surface area contributed by atoms with Crippen molar-refractivity contribution in [2.75, 3.05) is 21.3 Å². The van der Waals surface area contributed by atoms with Crippen LogP contribution in [0.4, 0.5) is 0 Å². The van der Waals surface area contributed by atoms with Gasteiger partial charge in [0.15, 0.2) is 0 Å². The predicted molar refractivity (Wildman–Crippen MR) is 110 cm³/mol. The summed E-state index contributed by atoms with van der Waals surface area (Å²) in [6.45, 7) is 1.65. The minimum Gasteiger partial charge on any atom is -0.497 e. The molecular weight excluding hydrogens is 412 g/mol. The molecule has 4 nitrogen and oxygen atoms in total. The molecule has 26 heavy (non-hydrogen) atoms. The highest BCUT2D eigenvalue weighted by Crippen LogP contribution is 2.34. The van der Waals surface area contributed by atoms with E-state index in [-0.39, 0.29) is 0 Å². The minimum atomic E-state index is 0.791. The van der Waals surface area contributed by atoms with Crippen molar-refractivity contribution in [1.82, 2.24) is 9.88 Å². The lowest BCUT2D eigenvalue weighted by Crippen LogP contribution is -2.17. The Morgan fingerprint density at radius 3 is 2.50 bits per heavy atom. The fourth-order valence-electron chi connectivity index (χ4n) is 2.73. The highest BCUT2D eigenvalue weighted by molar-refractivity contribution is 9.10. The number of methoxy groups -OCH3 is 2. The monoisotopic (exact) mass is 432 g/mol. The van der Waals surface area contributed by atoms with Crippen LogP contribution in [0.2, 0.25) is 0 Å². The first-order valence-corrected chi connectivity index (χ1v) is 9.86. The number of aromatic nitrogens is 1. The van der Waals surface area contributed by atoms with Gasteiger partial charge in [-0.3, -0.25) is 4.90 Å². The Morgan fingerprint density at radius 2 is 1.81 bits per heavy atom. The molecule has 0 spiro atoms. The third-order valence-corrected chi connectivity index (χ3v) is 5.40. The van der Waals surface area contributed by atoms with Gasteiger partial charge in [0, 0.05) is 22.9 Å². The Labute approximate surface area is 166 Å². The van der Waals surface area contributed by atoms with E-state index in [9.17, 15) is 0 Å². The molecular formula is C20H21BrN2O2S. The summed E-state index contributed by atoms with van der Waals surface area (Å²) in [7, 11) is 5.47. The quantitative estimate of drug-likeness (QED) is 0.512. The number of rotatable bonds is 7. The minimum absolute atomic E-state index is 0.791. The lowest BCUT2D eigenvalue weighted by molar-refractivity contribution is 0.315. The van der Waals surface area contributed by atoms with Crippen LogP contribution in [0.1, 0.15) is 11.3 Å². The smallest absolute Gasteiger partial charge is 0.129 e. The number of nitrogens with zero attached hydrogens (tertiary/aromatic N) is 2. The normalized spacial score (nSPS) is 11.0. The molecule has 136 valence electrons. The summed E-state index contributed by atoms with van der Waals surface area (Å²) in [5.41, 5.74) is 3.32. The van der Waals surface area contributed by atoms with Gasteiger partial charge in [-0.2, -0.15) is 0 Å². The van der Waals surface area contributed by atoms with Gasteiger partial charge in [-0.15, -0.1) is 11.3 Å². The molecule has 0 N–H and O–H groups in total. The maximum Gasteiger partial charge on any atom is 0.129 e. The van der Waals surface area contributed by atoms with Crippen molar-refractivity contribution in [2.24, 2.45) is 0 Å². The van der Waals surface area contributed by atoms with Gasteiger partial charge in [-0.05, 0) is 42.9 Å². The summed E-state index contributed by atoms with van der Waals surface area (Å²) in [6.07, 6.45) is 0. The van der Waals surface area contributed by atoms with Gasteiger partial charge in [-0.25, -0.2) is 4.98 Å². The fraction of sp³-hybridized carbons (Fsp3) is 0.250. The molecule has 0 radical (unpaired) electrons. The molecule has 2 aromatic carbocycles. The SMILES string of the molecule is COc1ccc(CN(C)Cc2csc(-c3cc(Br)ccc3OC)n2)cc1. The largest absolute Gasteiger partial charge is 0.497 e. The molecule has 0 aliphatic heterocycles. The summed E-state index contributed by atoms with van der Waals surface area (Å²) in [5, 5.41) is 3.08.